The van der Waals surface area contributed by atoms with Crippen LogP contribution in [0.5, 0.6) is 0 Å². The molecule has 0 aromatic heterocycles. The Labute approximate surface area is 295 Å². The minimum Gasteiger partial charge on any atom is -0.453 e. The van der Waals surface area contributed by atoms with Gasteiger partial charge in [-0.3, -0.25) is 4.79 Å². The van der Waals surface area contributed by atoms with Gasteiger partial charge in [-0.15, -0.1) is 0 Å². The molecule has 2 fully saturated rings. The lowest BCUT2D eigenvalue weighted by Crippen LogP contribution is -2.53. The van der Waals surface area contributed by atoms with E-state index in [-0.39, 0.29) is 42.2 Å². The first kappa shape index (κ1) is 33.4. The summed E-state index contributed by atoms with van der Waals surface area (Å²) < 4.78 is 4.62. The molecule has 2 saturated heterocycles. The third-order valence-electron chi connectivity index (χ3n) is 10.5. The van der Waals surface area contributed by atoms with Gasteiger partial charge in [0.2, 0.25) is 5.91 Å². The summed E-state index contributed by atoms with van der Waals surface area (Å²) >= 11 is 0. The Balaban J connectivity index is 1.08. The zero-order chi connectivity index (χ0) is 34.8. The Kier molecular flexibility index (Phi) is 9.35. The summed E-state index contributed by atoms with van der Waals surface area (Å²) in [5.41, 5.74) is 9.73. The lowest BCUT2D eigenvalue weighted by atomic mass is 9.87. The molecule has 0 spiro atoms. The number of hydrogen-bond acceptors (Lipinski definition) is 8. The van der Waals surface area contributed by atoms with Gasteiger partial charge in [0.05, 0.1) is 43.3 Å². The van der Waals surface area contributed by atoms with Crippen molar-refractivity contribution in [1.82, 2.24) is 31.5 Å². The van der Waals surface area contributed by atoms with Crippen LogP contribution in [0.25, 0.3) is 11.4 Å². The van der Waals surface area contributed by atoms with Crippen molar-refractivity contribution < 1.29 is 14.3 Å². The number of anilines is 1. The summed E-state index contributed by atoms with van der Waals surface area (Å²) in [6.07, 6.45) is 7.29. The van der Waals surface area contributed by atoms with Crippen LogP contribution in [0.15, 0.2) is 85.2 Å². The summed E-state index contributed by atoms with van der Waals surface area (Å²) in [5, 5.41) is 16.2. The molecule has 2 amide bonds. The number of rotatable bonds is 8. The fourth-order valence-corrected chi connectivity index (χ4v) is 7.83. The summed E-state index contributed by atoms with van der Waals surface area (Å²) in [5.74, 6) is -0.108. The minimum absolute atomic E-state index is 0.0134. The van der Waals surface area contributed by atoms with Crippen molar-refractivity contribution in [2.24, 2.45) is 0 Å². The molecule has 3 aromatic rings. The highest BCUT2D eigenvalue weighted by atomic mass is 16.5. The number of ether oxygens (including phenoxy) is 1. The van der Waals surface area contributed by atoms with Gasteiger partial charge in [-0.25, -0.2) is 4.79 Å². The number of carbonyl (C=O) groups is 2. The van der Waals surface area contributed by atoms with Crippen LogP contribution in [0, 0.1) is 0 Å². The van der Waals surface area contributed by atoms with Crippen molar-refractivity contribution in [3.8, 4) is 0 Å². The van der Waals surface area contributed by atoms with Crippen molar-refractivity contribution >= 4 is 29.1 Å². The van der Waals surface area contributed by atoms with E-state index in [1.807, 2.05) is 17.3 Å². The summed E-state index contributed by atoms with van der Waals surface area (Å²) in [6.45, 7) is 8.15. The highest BCUT2D eigenvalue weighted by molar-refractivity contribution is 5.83. The molecule has 10 heteroatoms. The predicted molar refractivity (Wildman–Crippen MR) is 198 cm³/mol. The first-order chi connectivity index (χ1) is 24.2. The highest BCUT2D eigenvalue weighted by Crippen LogP contribution is 2.47. The van der Waals surface area contributed by atoms with E-state index >= 15 is 0 Å². The van der Waals surface area contributed by atoms with Crippen LogP contribution in [0.1, 0.15) is 86.4 Å². The molecule has 0 bridgehead atoms. The number of alkyl carbamates (subject to hydrolysis) is 1. The molecule has 0 radical (unpaired) electrons. The van der Waals surface area contributed by atoms with Gasteiger partial charge in [0, 0.05) is 24.6 Å². The molecule has 7 rings (SSSR count). The van der Waals surface area contributed by atoms with Crippen molar-refractivity contribution in [3.05, 3.63) is 113 Å². The van der Waals surface area contributed by atoms with Gasteiger partial charge >= 0.3 is 6.09 Å². The van der Waals surface area contributed by atoms with Gasteiger partial charge in [0.25, 0.3) is 0 Å². The third-order valence-corrected chi connectivity index (χ3v) is 10.5. The number of benzene rings is 3. The first-order valence-corrected chi connectivity index (χ1v) is 17.8. The number of likely N-dealkylation sites (tertiary alicyclic amines) is 1. The second kappa shape index (κ2) is 14.0. The Morgan fingerprint density at radius 1 is 0.840 bits per heavy atom. The zero-order valence-electron chi connectivity index (χ0n) is 29.5. The second-order valence-electron chi connectivity index (χ2n) is 14.7. The molecule has 4 heterocycles. The van der Waals surface area contributed by atoms with Crippen LogP contribution >= 0.6 is 0 Å². The zero-order valence-corrected chi connectivity index (χ0v) is 29.5. The smallest absolute Gasteiger partial charge is 0.407 e. The lowest BCUT2D eigenvalue weighted by molar-refractivity contribution is -0.131. The molecule has 10 nitrogen and oxygen atoms in total. The van der Waals surface area contributed by atoms with E-state index in [4.69, 9.17) is 0 Å². The molecule has 5 N–H and O–H groups in total. The topological polar surface area (TPSA) is 110 Å². The molecule has 0 aliphatic carbocycles. The van der Waals surface area contributed by atoms with Gasteiger partial charge in [0.1, 0.15) is 12.7 Å². The van der Waals surface area contributed by atoms with E-state index in [9.17, 15) is 9.59 Å². The van der Waals surface area contributed by atoms with Crippen molar-refractivity contribution in [2.45, 2.75) is 76.2 Å². The maximum absolute atomic E-state index is 12.9. The summed E-state index contributed by atoms with van der Waals surface area (Å²) in [6, 6.07) is 27.7. The lowest BCUT2D eigenvalue weighted by Gasteiger charge is -2.34. The van der Waals surface area contributed by atoms with E-state index in [1.165, 1.54) is 35.1 Å². The van der Waals surface area contributed by atoms with Crippen molar-refractivity contribution in [3.63, 3.8) is 0 Å². The average Bonchev–Trinajstić information content (AvgIpc) is 3.97. The Bertz CT molecular complexity index is 1750. The van der Waals surface area contributed by atoms with Gasteiger partial charge in [-0.2, -0.15) is 0 Å². The van der Waals surface area contributed by atoms with Gasteiger partial charge in [-0.1, -0.05) is 81.4 Å². The molecular weight excluding hydrogens is 626 g/mol. The van der Waals surface area contributed by atoms with Crippen molar-refractivity contribution in [2.75, 3.05) is 31.8 Å². The largest absolute Gasteiger partial charge is 0.453 e. The molecule has 4 atom stereocenters. The SMILES string of the molecule is COC(=O)NCC(=O)N1CCC[C@H]1C1NC=C(c2ccc(C3CCC(c4ccc(C5=CNCN5)cc4)N3c3ccc(C(C)(C)C)cc3)cc2)N1. The molecule has 0 saturated carbocycles. The molecule has 3 unspecified atom stereocenters. The van der Waals surface area contributed by atoms with E-state index < -0.39 is 6.09 Å². The number of nitrogens with zero attached hydrogens (tertiary/aromatic N) is 2. The number of carbonyl (C=O) groups excluding carboxylic acids is 2. The Morgan fingerprint density at radius 2 is 1.48 bits per heavy atom. The fraction of sp³-hybridized carbons (Fsp3) is 0.400. The van der Waals surface area contributed by atoms with E-state index in [2.05, 4.69) is 130 Å². The van der Waals surface area contributed by atoms with Crippen LogP contribution in [0.2, 0.25) is 0 Å². The van der Waals surface area contributed by atoms with Crippen molar-refractivity contribution in [1.29, 1.82) is 0 Å². The Hall–Kier alpha value is -5.12. The molecule has 4 aliphatic rings. The predicted octanol–water partition coefficient (Wildman–Crippen LogP) is 5.68. The fourth-order valence-electron chi connectivity index (χ4n) is 7.83. The molecular formula is C40H49N7O3. The summed E-state index contributed by atoms with van der Waals surface area (Å²) in [7, 11) is 1.29. The van der Waals surface area contributed by atoms with Crippen LogP contribution in [-0.4, -0.2) is 56.0 Å². The van der Waals surface area contributed by atoms with Crippen LogP contribution < -0.4 is 31.5 Å². The normalized spacial score (nSPS) is 23.0. The first-order valence-electron chi connectivity index (χ1n) is 17.8. The third kappa shape index (κ3) is 6.84. The molecule has 50 heavy (non-hydrogen) atoms. The molecule has 3 aromatic carbocycles. The van der Waals surface area contributed by atoms with E-state index in [0.717, 1.165) is 49.3 Å². The maximum atomic E-state index is 12.9. The van der Waals surface area contributed by atoms with Crippen LogP contribution in [0.4, 0.5) is 10.5 Å². The van der Waals surface area contributed by atoms with Gasteiger partial charge in [-0.05, 0) is 71.0 Å². The average molecular weight is 676 g/mol. The highest BCUT2D eigenvalue weighted by Gasteiger charge is 2.38. The van der Waals surface area contributed by atoms with Crippen LogP contribution in [-0.2, 0) is 14.9 Å². The quantitative estimate of drug-likeness (QED) is 0.208. The summed E-state index contributed by atoms with van der Waals surface area (Å²) in [4.78, 5) is 28.9. The second-order valence-corrected chi connectivity index (χ2v) is 14.7. The molecule has 4 aliphatic heterocycles. The van der Waals surface area contributed by atoms with Gasteiger partial charge < -0.3 is 41.1 Å². The Morgan fingerprint density at radius 3 is 2.06 bits per heavy atom. The standard InChI is InChI=1S/C40H49N7O3/c1-40(2,3)30-15-17-31(18-16-30)47-34(28-11-7-26(8-12-28)32-22-41-25-44-32)19-20-35(47)29-13-9-27(10-14-29)33-23-42-38(45-33)36-6-5-21-46(36)37(48)24-43-39(49)50-4/h7-18,22-23,34-36,38,41-42,44-45H,5-6,19-21,24-25H2,1-4H3,(H,43,49)/t34?,35?,36-,38?/m0/s1. The number of methoxy groups -OCH3 is 1. The van der Waals surface area contributed by atoms with E-state index in [0.29, 0.717) is 6.54 Å². The van der Waals surface area contributed by atoms with Crippen LogP contribution in [0.3, 0.4) is 0 Å². The number of amides is 2. The van der Waals surface area contributed by atoms with Gasteiger partial charge in [0.15, 0.2) is 0 Å². The minimum atomic E-state index is -0.602. The number of hydrogen-bond donors (Lipinski definition) is 5. The number of nitrogens with one attached hydrogen (secondary N) is 5. The monoisotopic (exact) mass is 675 g/mol. The van der Waals surface area contributed by atoms with E-state index in [1.54, 1.807) is 0 Å². The maximum Gasteiger partial charge on any atom is 0.407 e. The molecule has 262 valence electrons.